The molecule has 0 aliphatic rings. The second-order valence-corrected chi connectivity index (χ2v) is 9.81. The molecule has 2 N–H and O–H groups in total. The maximum atomic E-state index is 5.44. The van der Waals surface area contributed by atoms with Gasteiger partial charge in [0.15, 0.2) is 0 Å². The van der Waals surface area contributed by atoms with E-state index in [-0.39, 0.29) is 5.92 Å². The van der Waals surface area contributed by atoms with Gasteiger partial charge in [0.2, 0.25) is 0 Å². The predicted octanol–water partition coefficient (Wildman–Crippen LogP) is 6.73. The van der Waals surface area contributed by atoms with Crippen molar-refractivity contribution in [2.24, 2.45) is 0 Å². The smallest absolute Gasteiger partial charge is 0.143 e. The maximum absolute atomic E-state index is 5.44. The first-order chi connectivity index (χ1) is 11.9. The van der Waals surface area contributed by atoms with Gasteiger partial charge in [-0.25, -0.2) is 0 Å². The molecule has 0 saturated carbocycles. The minimum absolute atomic E-state index is 0.205. The van der Waals surface area contributed by atoms with Gasteiger partial charge >= 0.3 is 0 Å². The number of hydrogen-bond donors (Lipinski definition) is 2. The van der Waals surface area contributed by atoms with Gasteiger partial charge < -0.3 is 9.97 Å². The zero-order valence-electron chi connectivity index (χ0n) is 15.8. The standard InChI is InChI=1S/C20H26N2S3/c1-7-14-10(3)18(21-12(14)5)17(16-9-24-20(23)25-16)19-11(4)15(8-2)13(6)22-19/h9,17,21-22H,7-8H2,1-6H3. The number of aromatic amines is 2. The Morgan fingerprint density at radius 1 is 0.920 bits per heavy atom. The van der Waals surface area contributed by atoms with Crippen molar-refractivity contribution in [3.8, 4) is 0 Å². The first-order valence-electron chi connectivity index (χ1n) is 8.83. The molecule has 0 radical (unpaired) electrons. The molecule has 0 aromatic carbocycles. The molecule has 0 aliphatic carbocycles. The van der Waals surface area contributed by atoms with Gasteiger partial charge in [-0.3, -0.25) is 0 Å². The number of nitrogens with one attached hydrogen (secondary N) is 2. The quantitative estimate of drug-likeness (QED) is 0.465. The summed E-state index contributed by atoms with van der Waals surface area (Å²) in [7, 11) is 0. The Labute approximate surface area is 163 Å². The first kappa shape index (κ1) is 18.6. The van der Waals surface area contributed by atoms with E-state index in [1.807, 2.05) is 0 Å². The summed E-state index contributed by atoms with van der Waals surface area (Å²) in [5.41, 5.74) is 10.9. The second kappa shape index (κ2) is 7.22. The Hall–Kier alpha value is -1.17. The number of hydrogen-bond acceptors (Lipinski definition) is 3. The molecule has 3 aromatic heterocycles. The lowest BCUT2D eigenvalue weighted by atomic mass is 9.92. The molecule has 0 spiro atoms. The molecule has 5 heteroatoms. The van der Waals surface area contributed by atoms with E-state index >= 15 is 0 Å². The van der Waals surface area contributed by atoms with E-state index in [1.165, 1.54) is 49.9 Å². The number of aryl methyl sites for hydroxylation is 2. The van der Waals surface area contributed by atoms with E-state index in [0.29, 0.717) is 0 Å². The Morgan fingerprint density at radius 3 is 1.72 bits per heavy atom. The minimum atomic E-state index is 0.205. The van der Waals surface area contributed by atoms with Crippen LogP contribution in [-0.4, -0.2) is 9.97 Å². The average molecular weight is 391 g/mol. The largest absolute Gasteiger partial charge is 0.361 e. The number of rotatable bonds is 5. The third-order valence-electron chi connectivity index (χ3n) is 5.30. The average Bonchev–Trinajstić information content (AvgIpc) is 3.19. The molecule has 25 heavy (non-hydrogen) atoms. The zero-order valence-corrected chi connectivity index (χ0v) is 18.2. The van der Waals surface area contributed by atoms with Gasteiger partial charge in [0, 0.05) is 33.0 Å². The van der Waals surface area contributed by atoms with Crippen LogP contribution in [0.1, 0.15) is 69.7 Å². The highest BCUT2D eigenvalue weighted by atomic mass is 32.2. The maximum Gasteiger partial charge on any atom is 0.143 e. The Kier molecular flexibility index (Phi) is 5.37. The fraction of sp³-hybridized carbons (Fsp3) is 0.450. The molecule has 0 unspecified atom stereocenters. The first-order valence-corrected chi connectivity index (χ1v) is 10.9. The van der Waals surface area contributed by atoms with Gasteiger partial charge in [-0.05, 0) is 62.8 Å². The SMILES string of the molecule is CCc1c(C)[nH]c(C(c2csc(=S)s2)c2[nH]c(C)c(CC)c2C)c1C. The summed E-state index contributed by atoms with van der Waals surface area (Å²) in [6.45, 7) is 13.3. The molecular formula is C20H26N2S3. The van der Waals surface area contributed by atoms with Crippen LogP contribution in [0.3, 0.4) is 0 Å². The lowest BCUT2D eigenvalue weighted by molar-refractivity contribution is 0.887. The summed E-state index contributed by atoms with van der Waals surface area (Å²) in [4.78, 5) is 8.73. The summed E-state index contributed by atoms with van der Waals surface area (Å²) in [6, 6.07) is 0. The molecule has 3 heterocycles. The fourth-order valence-electron chi connectivity index (χ4n) is 4.07. The summed E-state index contributed by atoms with van der Waals surface area (Å²) < 4.78 is 0.994. The van der Waals surface area contributed by atoms with E-state index in [4.69, 9.17) is 12.2 Å². The monoisotopic (exact) mass is 390 g/mol. The number of H-pyrrole nitrogens is 2. The molecule has 0 bridgehead atoms. The van der Waals surface area contributed by atoms with Crippen LogP contribution in [0.25, 0.3) is 0 Å². The Bertz CT molecular complexity index is 898. The van der Waals surface area contributed by atoms with Crippen LogP contribution >= 0.6 is 34.9 Å². The normalized spacial score (nSPS) is 11.6. The Morgan fingerprint density at radius 2 is 1.40 bits per heavy atom. The van der Waals surface area contributed by atoms with Crippen molar-refractivity contribution in [1.82, 2.24) is 9.97 Å². The molecule has 2 nitrogen and oxygen atoms in total. The van der Waals surface area contributed by atoms with Crippen LogP contribution in [0.4, 0.5) is 0 Å². The molecular weight excluding hydrogens is 364 g/mol. The van der Waals surface area contributed by atoms with Crippen molar-refractivity contribution in [1.29, 1.82) is 0 Å². The van der Waals surface area contributed by atoms with Crippen LogP contribution in [0.5, 0.6) is 0 Å². The summed E-state index contributed by atoms with van der Waals surface area (Å²) >= 11 is 8.86. The topological polar surface area (TPSA) is 31.6 Å². The van der Waals surface area contributed by atoms with Crippen LogP contribution in [-0.2, 0) is 12.8 Å². The minimum Gasteiger partial charge on any atom is -0.361 e. The molecule has 3 aromatic rings. The van der Waals surface area contributed by atoms with Crippen molar-refractivity contribution in [2.45, 2.75) is 60.3 Å². The number of aromatic nitrogens is 2. The van der Waals surface area contributed by atoms with Crippen LogP contribution < -0.4 is 0 Å². The summed E-state index contributed by atoms with van der Waals surface area (Å²) in [5, 5.41) is 2.24. The molecule has 0 amide bonds. The highest BCUT2D eigenvalue weighted by Crippen LogP contribution is 2.40. The highest BCUT2D eigenvalue weighted by molar-refractivity contribution is 7.76. The van der Waals surface area contributed by atoms with E-state index in [2.05, 4.69) is 56.9 Å². The van der Waals surface area contributed by atoms with Crippen molar-refractivity contribution < 1.29 is 0 Å². The van der Waals surface area contributed by atoms with Crippen molar-refractivity contribution in [2.75, 3.05) is 0 Å². The molecule has 134 valence electrons. The highest BCUT2D eigenvalue weighted by Gasteiger charge is 2.28. The Balaban J connectivity index is 2.27. The zero-order chi connectivity index (χ0) is 18.3. The summed E-state index contributed by atoms with van der Waals surface area (Å²) in [5.74, 6) is 0.205. The van der Waals surface area contributed by atoms with Crippen molar-refractivity contribution in [3.63, 3.8) is 0 Å². The third kappa shape index (κ3) is 3.18. The van der Waals surface area contributed by atoms with E-state index in [9.17, 15) is 0 Å². The molecule has 0 atom stereocenters. The molecule has 3 rings (SSSR count). The van der Waals surface area contributed by atoms with Gasteiger partial charge in [-0.1, -0.05) is 26.1 Å². The lowest BCUT2D eigenvalue weighted by Gasteiger charge is -2.16. The summed E-state index contributed by atoms with van der Waals surface area (Å²) in [6.07, 6.45) is 2.12. The lowest BCUT2D eigenvalue weighted by Crippen LogP contribution is -2.06. The van der Waals surface area contributed by atoms with E-state index in [0.717, 1.165) is 16.0 Å². The van der Waals surface area contributed by atoms with E-state index < -0.39 is 0 Å². The predicted molar refractivity (Wildman–Crippen MR) is 113 cm³/mol. The van der Waals surface area contributed by atoms with Crippen LogP contribution in [0.15, 0.2) is 5.38 Å². The van der Waals surface area contributed by atoms with E-state index in [1.54, 1.807) is 22.7 Å². The third-order valence-corrected chi connectivity index (χ3v) is 7.85. The second-order valence-electron chi connectivity index (χ2n) is 6.66. The molecule has 0 fully saturated rings. The van der Waals surface area contributed by atoms with Gasteiger partial charge in [0.05, 0.1) is 5.92 Å². The van der Waals surface area contributed by atoms with Crippen molar-refractivity contribution in [3.05, 3.63) is 58.4 Å². The van der Waals surface area contributed by atoms with Gasteiger partial charge in [0.1, 0.15) is 3.14 Å². The van der Waals surface area contributed by atoms with Gasteiger partial charge in [-0.2, -0.15) is 0 Å². The molecule has 0 saturated heterocycles. The van der Waals surface area contributed by atoms with Crippen molar-refractivity contribution >= 4 is 34.9 Å². The fourth-order valence-corrected chi connectivity index (χ4v) is 6.36. The van der Waals surface area contributed by atoms with Crippen LogP contribution in [0.2, 0.25) is 0 Å². The van der Waals surface area contributed by atoms with Crippen LogP contribution in [0, 0.1) is 30.8 Å². The van der Waals surface area contributed by atoms with Gasteiger partial charge in [0.25, 0.3) is 0 Å². The van der Waals surface area contributed by atoms with Gasteiger partial charge in [-0.15, -0.1) is 22.7 Å². The molecule has 0 aliphatic heterocycles.